The number of pyridine rings is 1. The van der Waals surface area contributed by atoms with Gasteiger partial charge in [0.2, 0.25) is 0 Å². The number of nitrogens with one attached hydrogen (secondary N) is 1. The summed E-state index contributed by atoms with van der Waals surface area (Å²) < 4.78 is 21.3. The van der Waals surface area contributed by atoms with Gasteiger partial charge in [-0.15, -0.1) is 0 Å². The highest BCUT2D eigenvalue weighted by Crippen LogP contribution is 2.19. The van der Waals surface area contributed by atoms with Gasteiger partial charge >= 0.3 is 0 Å². The molecule has 2 heterocycles. The second kappa shape index (κ2) is 7.96. The summed E-state index contributed by atoms with van der Waals surface area (Å²) in [6.45, 7) is 4.99. The van der Waals surface area contributed by atoms with Gasteiger partial charge in [0.15, 0.2) is 0 Å². The number of imidazole rings is 1. The zero-order valence-corrected chi connectivity index (χ0v) is 15.3. The Hall–Kier alpha value is -3.60. The average Bonchev–Trinajstić information content (AvgIpc) is 3.21. The molecule has 0 fully saturated rings. The minimum absolute atomic E-state index is 0.205. The number of benzene rings is 2. The van der Waals surface area contributed by atoms with Crippen molar-refractivity contribution in [3.63, 3.8) is 0 Å². The van der Waals surface area contributed by atoms with Crippen molar-refractivity contribution in [1.82, 2.24) is 14.7 Å². The van der Waals surface area contributed by atoms with Crippen LogP contribution in [0.4, 0.5) is 4.39 Å². The lowest BCUT2D eigenvalue weighted by Crippen LogP contribution is -2.11. The van der Waals surface area contributed by atoms with Gasteiger partial charge in [0.25, 0.3) is 0 Å². The smallest absolute Gasteiger partial charge is 0.129 e. The minimum Gasteiger partial charge on any atom is -0.489 e. The average molecular weight is 373 g/mol. The molecule has 4 rings (SSSR count). The van der Waals surface area contributed by atoms with Crippen molar-refractivity contribution in [3.8, 4) is 5.75 Å². The number of fused-ring (bicyclic) bond motifs is 1. The van der Waals surface area contributed by atoms with Gasteiger partial charge in [0.05, 0.1) is 18.0 Å². The number of hydrogen-bond donors (Lipinski definition) is 1. The Morgan fingerprint density at radius 2 is 1.89 bits per heavy atom. The van der Waals surface area contributed by atoms with Gasteiger partial charge in [-0.1, -0.05) is 36.9 Å². The number of halogens is 1. The lowest BCUT2D eigenvalue weighted by atomic mass is 10.1. The molecule has 0 aliphatic rings. The van der Waals surface area contributed by atoms with Crippen molar-refractivity contribution < 1.29 is 9.13 Å². The van der Waals surface area contributed by atoms with Crippen molar-refractivity contribution in [2.24, 2.45) is 0 Å². The molecule has 4 aromatic rings. The van der Waals surface area contributed by atoms with Gasteiger partial charge in [0.1, 0.15) is 18.2 Å². The van der Waals surface area contributed by atoms with Crippen molar-refractivity contribution in [1.29, 1.82) is 0 Å². The Morgan fingerprint density at radius 1 is 1.07 bits per heavy atom. The number of nitrogens with zero attached hydrogens (tertiary/aromatic N) is 2. The van der Waals surface area contributed by atoms with E-state index in [9.17, 15) is 4.39 Å². The molecule has 28 heavy (non-hydrogen) atoms. The molecule has 0 spiro atoms. The normalized spacial score (nSPS) is 10.8. The monoisotopic (exact) mass is 373 g/mol. The maximum Gasteiger partial charge on any atom is 0.129 e. The molecular weight excluding hydrogens is 353 g/mol. The molecule has 4 nitrogen and oxygen atoms in total. The highest BCUT2D eigenvalue weighted by atomic mass is 19.1. The lowest BCUT2D eigenvalue weighted by Gasteiger charge is -2.12. The molecule has 0 atom stereocenters. The predicted molar refractivity (Wildman–Crippen MR) is 108 cm³/mol. The summed E-state index contributed by atoms with van der Waals surface area (Å²) >= 11 is 0. The first-order valence-corrected chi connectivity index (χ1v) is 9.00. The van der Waals surface area contributed by atoms with Crippen molar-refractivity contribution in [2.45, 2.75) is 13.2 Å². The Balaban J connectivity index is 1.35. The van der Waals surface area contributed by atoms with Gasteiger partial charge in [-0.2, -0.15) is 0 Å². The van der Waals surface area contributed by atoms with E-state index in [1.807, 2.05) is 53.2 Å². The van der Waals surface area contributed by atoms with Crippen LogP contribution >= 0.6 is 0 Å². The fourth-order valence-corrected chi connectivity index (χ4v) is 2.99. The van der Waals surface area contributed by atoms with E-state index in [-0.39, 0.29) is 12.4 Å². The zero-order valence-electron chi connectivity index (χ0n) is 15.3. The second-order valence-corrected chi connectivity index (χ2v) is 6.46. The number of ether oxygens (including phenoxy) is 1. The fourth-order valence-electron chi connectivity index (χ4n) is 2.99. The van der Waals surface area contributed by atoms with Crippen LogP contribution in [0.25, 0.3) is 11.2 Å². The van der Waals surface area contributed by atoms with Crippen LogP contribution in [0.5, 0.6) is 5.75 Å². The summed E-state index contributed by atoms with van der Waals surface area (Å²) in [6.07, 6.45) is 5.55. The van der Waals surface area contributed by atoms with Crippen LogP contribution in [0, 0.1) is 5.82 Å². The third-order valence-electron chi connectivity index (χ3n) is 4.56. The van der Waals surface area contributed by atoms with Gasteiger partial charge in [-0.05, 0) is 35.9 Å². The molecule has 5 heteroatoms. The molecule has 0 aliphatic heterocycles. The molecule has 0 saturated heterocycles. The van der Waals surface area contributed by atoms with Crippen molar-refractivity contribution >= 4 is 11.2 Å². The second-order valence-electron chi connectivity index (χ2n) is 6.46. The molecule has 0 bridgehead atoms. The molecule has 1 N–H and O–H groups in total. The van der Waals surface area contributed by atoms with E-state index in [1.54, 1.807) is 24.5 Å². The Kier molecular flexibility index (Phi) is 5.06. The summed E-state index contributed by atoms with van der Waals surface area (Å²) in [7, 11) is 0. The Labute approximate surface area is 162 Å². The predicted octanol–water partition coefficient (Wildman–Crippen LogP) is 4.81. The SMILES string of the molecule is C=C(NCc1ccc(OCc2ccccc2F)cc1)c1cccn2cncc12. The first kappa shape index (κ1) is 17.8. The summed E-state index contributed by atoms with van der Waals surface area (Å²) in [5.74, 6) is 0.449. The highest BCUT2D eigenvalue weighted by Gasteiger charge is 2.06. The van der Waals surface area contributed by atoms with Crippen molar-refractivity contribution in [2.75, 3.05) is 0 Å². The first-order valence-electron chi connectivity index (χ1n) is 9.00. The molecule has 2 aromatic heterocycles. The van der Waals surface area contributed by atoms with Gasteiger partial charge in [-0.25, -0.2) is 9.37 Å². The van der Waals surface area contributed by atoms with E-state index in [0.29, 0.717) is 17.9 Å². The number of rotatable bonds is 7. The van der Waals surface area contributed by atoms with Gasteiger partial charge < -0.3 is 14.5 Å². The zero-order chi connectivity index (χ0) is 19.3. The third-order valence-corrected chi connectivity index (χ3v) is 4.56. The summed E-state index contributed by atoms with van der Waals surface area (Å²) in [4.78, 5) is 4.17. The standard InChI is InChI=1S/C23H20FN3O/c1-17(21-6-4-12-27-16-25-14-23(21)27)26-13-18-8-10-20(11-9-18)28-15-19-5-2-3-7-22(19)24/h2-12,14,16,26H,1,13,15H2. The number of aromatic nitrogens is 2. The summed E-state index contributed by atoms with van der Waals surface area (Å²) in [5, 5.41) is 3.36. The van der Waals surface area contributed by atoms with Crippen LogP contribution in [0.1, 0.15) is 16.7 Å². The molecule has 0 aliphatic carbocycles. The molecule has 0 saturated carbocycles. The molecule has 2 aromatic carbocycles. The summed E-state index contributed by atoms with van der Waals surface area (Å²) in [5.41, 5.74) is 4.51. The topological polar surface area (TPSA) is 38.6 Å². The fraction of sp³-hybridized carbons (Fsp3) is 0.0870. The quantitative estimate of drug-likeness (QED) is 0.505. The number of hydrogen-bond acceptors (Lipinski definition) is 3. The van der Waals surface area contributed by atoms with Gasteiger partial charge in [-0.3, -0.25) is 0 Å². The van der Waals surface area contributed by atoms with Crippen LogP contribution in [-0.2, 0) is 13.2 Å². The molecule has 0 radical (unpaired) electrons. The summed E-state index contributed by atoms with van der Waals surface area (Å²) in [6, 6.07) is 18.4. The highest BCUT2D eigenvalue weighted by molar-refractivity contribution is 5.75. The maximum absolute atomic E-state index is 13.6. The lowest BCUT2D eigenvalue weighted by molar-refractivity contribution is 0.300. The minimum atomic E-state index is -0.255. The Morgan fingerprint density at radius 3 is 2.71 bits per heavy atom. The van der Waals surface area contributed by atoms with Crippen molar-refractivity contribution in [3.05, 3.63) is 108 Å². The van der Waals surface area contributed by atoms with E-state index in [1.165, 1.54) is 6.07 Å². The third kappa shape index (κ3) is 3.88. The molecule has 0 unspecified atom stereocenters. The van der Waals surface area contributed by atoms with Crippen LogP contribution < -0.4 is 10.1 Å². The van der Waals surface area contributed by atoms with Crippen LogP contribution in [0.3, 0.4) is 0 Å². The molecule has 0 amide bonds. The van der Waals surface area contributed by atoms with E-state index in [2.05, 4.69) is 16.9 Å². The van der Waals surface area contributed by atoms with E-state index in [0.717, 1.165) is 22.3 Å². The van der Waals surface area contributed by atoms with E-state index < -0.39 is 0 Å². The van der Waals surface area contributed by atoms with E-state index >= 15 is 0 Å². The van der Waals surface area contributed by atoms with Crippen LogP contribution in [-0.4, -0.2) is 9.38 Å². The van der Waals surface area contributed by atoms with Crippen LogP contribution in [0.15, 0.2) is 86.0 Å². The van der Waals surface area contributed by atoms with Gasteiger partial charge in [0, 0.05) is 29.6 Å². The van der Waals surface area contributed by atoms with E-state index in [4.69, 9.17) is 4.74 Å². The maximum atomic E-state index is 13.6. The largest absolute Gasteiger partial charge is 0.489 e. The molecular formula is C23H20FN3O. The van der Waals surface area contributed by atoms with Crippen LogP contribution in [0.2, 0.25) is 0 Å². The molecule has 140 valence electrons. The Bertz CT molecular complexity index is 1100. The first-order chi connectivity index (χ1) is 13.7.